The topological polar surface area (TPSA) is 23.8 Å². The van der Waals surface area contributed by atoms with Crippen molar-refractivity contribution in [1.29, 1.82) is 5.26 Å². The number of hydrogen-bond donors (Lipinski definition) is 0. The second-order valence-electron chi connectivity index (χ2n) is 13.0. The van der Waals surface area contributed by atoms with Crippen LogP contribution in [0, 0.1) is 57.2 Å². The van der Waals surface area contributed by atoms with Gasteiger partial charge in [-0.2, -0.15) is 5.26 Å². The van der Waals surface area contributed by atoms with Crippen molar-refractivity contribution in [3.63, 3.8) is 0 Å². The largest absolute Gasteiger partial charge is 0.192 e. The molecule has 0 N–H and O–H groups in total. The molecule has 3 unspecified atom stereocenters. The van der Waals surface area contributed by atoms with Crippen molar-refractivity contribution in [2.45, 2.75) is 98.3 Å². The highest BCUT2D eigenvalue weighted by Gasteiger charge is 2.63. The number of nitriles is 1. The zero-order valence-corrected chi connectivity index (χ0v) is 20.4. The summed E-state index contributed by atoms with van der Waals surface area (Å²) in [7, 11) is 0. The third-order valence-electron chi connectivity index (χ3n) is 11.4. The first kappa shape index (κ1) is 21.6. The molecule has 0 aliphatic heterocycles. The van der Waals surface area contributed by atoms with Gasteiger partial charge in [-0.3, -0.25) is 0 Å². The predicted octanol–water partition coefficient (Wildman–Crippen LogP) is 8.18. The van der Waals surface area contributed by atoms with E-state index in [1.807, 2.05) is 12.1 Å². The van der Waals surface area contributed by atoms with Gasteiger partial charge >= 0.3 is 0 Å². The Labute approximate surface area is 191 Å². The van der Waals surface area contributed by atoms with Crippen LogP contribution in [-0.2, 0) is 6.42 Å². The van der Waals surface area contributed by atoms with Crippen LogP contribution in [-0.4, -0.2) is 0 Å². The third-order valence-corrected chi connectivity index (χ3v) is 11.4. The van der Waals surface area contributed by atoms with E-state index < -0.39 is 0 Å². The molecule has 4 fully saturated rings. The number of rotatable bonds is 3. The molecule has 0 heterocycles. The van der Waals surface area contributed by atoms with Crippen molar-refractivity contribution in [3.05, 3.63) is 35.4 Å². The lowest BCUT2D eigenvalue weighted by Crippen LogP contribution is -2.57. The fraction of sp³-hybridized carbons (Fsp3) is 0.767. The van der Waals surface area contributed by atoms with Gasteiger partial charge in [0, 0.05) is 0 Å². The summed E-state index contributed by atoms with van der Waals surface area (Å²) in [6, 6.07) is 10.6. The van der Waals surface area contributed by atoms with Crippen molar-refractivity contribution in [2.24, 2.45) is 45.8 Å². The molecule has 5 rings (SSSR count). The average Bonchev–Trinajstić information content (AvgIpc) is 3.10. The Hall–Kier alpha value is -1.29. The number of hydrogen-bond acceptors (Lipinski definition) is 1. The molecule has 1 heteroatoms. The van der Waals surface area contributed by atoms with Gasteiger partial charge in [-0.25, -0.2) is 0 Å². The molecule has 4 aliphatic rings. The van der Waals surface area contributed by atoms with E-state index in [0.717, 1.165) is 35.2 Å². The molecule has 4 aliphatic carbocycles. The van der Waals surface area contributed by atoms with E-state index in [1.54, 1.807) is 0 Å². The maximum Gasteiger partial charge on any atom is 0.0991 e. The van der Waals surface area contributed by atoms with E-state index in [1.165, 1.54) is 76.2 Å². The van der Waals surface area contributed by atoms with E-state index in [4.69, 9.17) is 5.26 Å². The molecule has 1 aromatic rings. The number of aryl methyl sites for hydroxylation is 1. The first-order valence-corrected chi connectivity index (χ1v) is 13.3. The summed E-state index contributed by atoms with van der Waals surface area (Å²) >= 11 is 0. The predicted molar refractivity (Wildman–Crippen MR) is 128 cm³/mol. The van der Waals surface area contributed by atoms with Gasteiger partial charge < -0.3 is 0 Å². The average molecular weight is 418 g/mol. The van der Waals surface area contributed by atoms with Crippen LogP contribution in [0.25, 0.3) is 0 Å². The standard InChI is InChI=1S/C30H43N/c1-21-5-13-25-26-15-16-29(3)24(11-10-22-6-8-23(20-31)9-7-22)12-14-27(29)30(26,4)18-17-28(25,2)19-21/h6-9,21,24-27H,5,10-19H2,1-4H3/t21-,24?,25+,26?,27?,28+,29+,30+/m0/s1. The van der Waals surface area contributed by atoms with Crippen LogP contribution in [0.2, 0.25) is 0 Å². The van der Waals surface area contributed by atoms with E-state index in [-0.39, 0.29) is 0 Å². The lowest BCUT2D eigenvalue weighted by Gasteiger charge is -2.65. The van der Waals surface area contributed by atoms with Gasteiger partial charge in [0.05, 0.1) is 11.6 Å². The van der Waals surface area contributed by atoms with Crippen LogP contribution in [0.15, 0.2) is 24.3 Å². The lowest BCUT2D eigenvalue weighted by atomic mass is 9.40. The molecule has 1 aromatic carbocycles. The van der Waals surface area contributed by atoms with Gasteiger partial charge in [-0.05, 0) is 128 Å². The zero-order chi connectivity index (χ0) is 21.9. The molecule has 31 heavy (non-hydrogen) atoms. The Morgan fingerprint density at radius 3 is 2.39 bits per heavy atom. The van der Waals surface area contributed by atoms with Crippen molar-refractivity contribution in [2.75, 3.05) is 0 Å². The van der Waals surface area contributed by atoms with Gasteiger partial charge in [0.15, 0.2) is 0 Å². The molecule has 0 bridgehead atoms. The summed E-state index contributed by atoms with van der Waals surface area (Å²) in [5, 5.41) is 9.06. The van der Waals surface area contributed by atoms with Gasteiger partial charge in [-0.1, -0.05) is 46.2 Å². The van der Waals surface area contributed by atoms with Crippen LogP contribution in [0.5, 0.6) is 0 Å². The monoisotopic (exact) mass is 417 g/mol. The van der Waals surface area contributed by atoms with Gasteiger partial charge in [0.25, 0.3) is 0 Å². The summed E-state index contributed by atoms with van der Waals surface area (Å²) in [5.74, 6) is 4.73. The minimum absolute atomic E-state index is 0.549. The molecule has 0 radical (unpaired) electrons. The lowest BCUT2D eigenvalue weighted by molar-refractivity contribution is -0.155. The summed E-state index contributed by atoms with van der Waals surface area (Å²) in [5.41, 5.74) is 3.96. The van der Waals surface area contributed by atoms with E-state index in [0.29, 0.717) is 16.2 Å². The van der Waals surface area contributed by atoms with Gasteiger partial charge in [-0.15, -0.1) is 0 Å². The number of benzene rings is 1. The number of nitrogens with zero attached hydrogens (tertiary/aromatic N) is 1. The summed E-state index contributed by atoms with van der Waals surface area (Å²) < 4.78 is 0. The SMILES string of the molecule is C[C@H]1CC[C@@H]2C3CC[C@]4(C)C(CCc5ccc(C#N)cc5)CCC4[C@]3(C)CC[C@]2(C)C1. The molecule has 0 saturated heterocycles. The van der Waals surface area contributed by atoms with Gasteiger partial charge in [0.1, 0.15) is 0 Å². The Bertz CT molecular complexity index is 848. The first-order chi connectivity index (χ1) is 14.8. The van der Waals surface area contributed by atoms with Crippen LogP contribution < -0.4 is 0 Å². The highest BCUT2D eigenvalue weighted by Crippen LogP contribution is 2.71. The van der Waals surface area contributed by atoms with Gasteiger partial charge in [0.2, 0.25) is 0 Å². The maximum atomic E-state index is 9.06. The summed E-state index contributed by atoms with van der Waals surface area (Å²) in [4.78, 5) is 0. The highest BCUT2D eigenvalue weighted by atomic mass is 14.7. The highest BCUT2D eigenvalue weighted by molar-refractivity contribution is 5.31. The van der Waals surface area contributed by atoms with E-state index in [9.17, 15) is 0 Å². The maximum absolute atomic E-state index is 9.06. The van der Waals surface area contributed by atoms with Crippen molar-refractivity contribution in [3.8, 4) is 6.07 Å². The Morgan fingerprint density at radius 1 is 0.871 bits per heavy atom. The Morgan fingerprint density at radius 2 is 1.65 bits per heavy atom. The molecule has 8 atom stereocenters. The van der Waals surface area contributed by atoms with Crippen LogP contribution in [0.1, 0.15) is 103 Å². The second kappa shape index (κ2) is 7.64. The molecular formula is C30H43N. The zero-order valence-electron chi connectivity index (χ0n) is 20.4. The van der Waals surface area contributed by atoms with E-state index in [2.05, 4.69) is 45.9 Å². The normalized spacial score (nSPS) is 46.5. The van der Waals surface area contributed by atoms with Crippen molar-refractivity contribution < 1.29 is 0 Å². The Kier molecular flexibility index (Phi) is 5.31. The molecule has 4 saturated carbocycles. The molecular weight excluding hydrogens is 374 g/mol. The fourth-order valence-corrected chi connectivity index (χ4v) is 9.80. The molecule has 0 aromatic heterocycles. The van der Waals surface area contributed by atoms with Crippen LogP contribution in [0.3, 0.4) is 0 Å². The second-order valence-corrected chi connectivity index (χ2v) is 13.0. The molecule has 0 amide bonds. The molecule has 168 valence electrons. The van der Waals surface area contributed by atoms with Crippen molar-refractivity contribution in [1.82, 2.24) is 0 Å². The Balaban J connectivity index is 1.32. The minimum atomic E-state index is 0.549. The summed E-state index contributed by atoms with van der Waals surface area (Å²) in [6.45, 7) is 10.6. The van der Waals surface area contributed by atoms with Crippen LogP contribution >= 0.6 is 0 Å². The number of fused-ring (bicyclic) bond motifs is 5. The van der Waals surface area contributed by atoms with Crippen LogP contribution in [0.4, 0.5) is 0 Å². The first-order valence-electron chi connectivity index (χ1n) is 13.3. The minimum Gasteiger partial charge on any atom is -0.192 e. The van der Waals surface area contributed by atoms with Crippen molar-refractivity contribution >= 4 is 0 Å². The van der Waals surface area contributed by atoms with E-state index >= 15 is 0 Å². The quantitative estimate of drug-likeness (QED) is 0.486. The fourth-order valence-electron chi connectivity index (χ4n) is 9.80. The molecule has 1 nitrogen and oxygen atoms in total. The molecule has 0 spiro atoms. The third kappa shape index (κ3) is 3.39. The summed E-state index contributed by atoms with van der Waals surface area (Å²) in [6.07, 6.45) is 15.8. The smallest absolute Gasteiger partial charge is 0.0991 e.